The topological polar surface area (TPSA) is 74.6 Å². The zero-order valence-electron chi connectivity index (χ0n) is 16.8. The Hall–Kier alpha value is -2.32. The molecule has 1 aromatic carbocycles. The predicted molar refractivity (Wildman–Crippen MR) is 114 cm³/mol. The summed E-state index contributed by atoms with van der Waals surface area (Å²) in [7, 11) is -1.84. The quantitative estimate of drug-likeness (QED) is 0.813. The van der Waals surface area contributed by atoms with Gasteiger partial charge in [0.1, 0.15) is 10.6 Å². The molecule has 1 N–H and O–H groups in total. The summed E-state index contributed by atoms with van der Waals surface area (Å²) < 4.78 is 28.7. The average Bonchev–Trinajstić information content (AvgIpc) is 3.40. The molecule has 0 radical (unpaired) electrons. The van der Waals surface area contributed by atoms with E-state index < -0.39 is 10.0 Å². The standard InChI is InChI=1S/C21H28N4O3S/c1-23-16-17(29(27,28)25-13-7-8-14-25)15-20(23)21(26)22-18-9-3-4-10-19(18)24-11-5-2-6-12-24/h3-4,9-10,15-16H,2,5-8,11-14H2,1H3,(H,22,26). The van der Waals surface area contributed by atoms with E-state index in [1.807, 2.05) is 24.3 Å². The van der Waals surface area contributed by atoms with Gasteiger partial charge in [0.15, 0.2) is 0 Å². The predicted octanol–water partition coefficient (Wildman–Crippen LogP) is 3.05. The van der Waals surface area contributed by atoms with Crippen molar-refractivity contribution in [3.63, 3.8) is 0 Å². The van der Waals surface area contributed by atoms with Crippen LogP contribution in [0.3, 0.4) is 0 Å². The molecule has 1 aromatic heterocycles. The van der Waals surface area contributed by atoms with Crippen molar-refractivity contribution in [3.05, 3.63) is 42.2 Å². The van der Waals surface area contributed by atoms with Crippen molar-refractivity contribution >= 4 is 27.3 Å². The first kappa shape index (κ1) is 20.0. The number of sulfonamides is 1. The molecule has 2 aliphatic rings. The lowest BCUT2D eigenvalue weighted by Gasteiger charge is -2.30. The first-order valence-corrected chi connectivity index (χ1v) is 11.7. The average molecular weight is 417 g/mol. The summed E-state index contributed by atoms with van der Waals surface area (Å²) in [5.41, 5.74) is 2.10. The van der Waals surface area contributed by atoms with E-state index in [-0.39, 0.29) is 10.8 Å². The Labute approximate surface area is 172 Å². The van der Waals surface area contributed by atoms with E-state index in [1.165, 1.54) is 23.0 Å². The van der Waals surface area contributed by atoms with E-state index in [4.69, 9.17) is 0 Å². The van der Waals surface area contributed by atoms with Gasteiger partial charge in [0, 0.05) is 39.4 Å². The zero-order chi connectivity index (χ0) is 20.4. The monoisotopic (exact) mass is 416 g/mol. The molecule has 0 aliphatic carbocycles. The number of carbonyl (C=O) groups is 1. The number of para-hydroxylation sites is 2. The number of anilines is 2. The molecule has 2 fully saturated rings. The molecular formula is C21H28N4O3S. The number of nitrogens with one attached hydrogen (secondary N) is 1. The van der Waals surface area contributed by atoms with Crippen molar-refractivity contribution in [1.29, 1.82) is 0 Å². The molecule has 0 atom stereocenters. The third kappa shape index (κ3) is 4.04. The maximum Gasteiger partial charge on any atom is 0.272 e. The fourth-order valence-electron chi connectivity index (χ4n) is 4.15. The number of benzene rings is 1. The number of hydrogen-bond acceptors (Lipinski definition) is 4. The third-order valence-electron chi connectivity index (χ3n) is 5.76. The van der Waals surface area contributed by atoms with Crippen molar-refractivity contribution in [2.45, 2.75) is 37.0 Å². The number of aryl methyl sites for hydroxylation is 1. The fourth-order valence-corrected chi connectivity index (χ4v) is 5.74. The largest absolute Gasteiger partial charge is 0.370 e. The second-order valence-electron chi connectivity index (χ2n) is 7.80. The van der Waals surface area contributed by atoms with Crippen LogP contribution in [0, 0.1) is 0 Å². The van der Waals surface area contributed by atoms with Gasteiger partial charge >= 0.3 is 0 Å². The second kappa shape index (κ2) is 8.20. The lowest BCUT2D eigenvalue weighted by Crippen LogP contribution is -2.30. The minimum Gasteiger partial charge on any atom is -0.370 e. The van der Waals surface area contributed by atoms with Crippen molar-refractivity contribution in [3.8, 4) is 0 Å². The van der Waals surface area contributed by atoms with Gasteiger partial charge in [-0.3, -0.25) is 4.79 Å². The third-order valence-corrected chi connectivity index (χ3v) is 7.63. The van der Waals surface area contributed by atoms with Gasteiger partial charge in [0.05, 0.1) is 11.4 Å². The normalized spacial score (nSPS) is 18.2. The van der Waals surface area contributed by atoms with Crippen LogP contribution in [0.25, 0.3) is 0 Å². The van der Waals surface area contributed by atoms with Crippen LogP contribution < -0.4 is 10.2 Å². The van der Waals surface area contributed by atoms with Crippen molar-refractivity contribution in [2.24, 2.45) is 7.05 Å². The molecule has 2 aromatic rings. The molecule has 0 spiro atoms. The van der Waals surface area contributed by atoms with Crippen LogP contribution in [0.4, 0.5) is 11.4 Å². The second-order valence-corrected chi connectivity index (χ2v) is 9.74. The van der Waals surface area contributed by atoms with Gasteiger partial charge in [-0.2, -0.15) is 4.31 Å². The highest BCUT2D eigenvalue weighted by Crippen LogP contribution is 2.29. The zero-order valence-corrected chi connectivity index (χ0v) is 17.6. The number of amides is 1. The summed E-state index contributed by atoms with van der Waals surface area (Å²) in [4.78, 5) is 15.4. The Balaban J connectivity index is 1.56. The van der Waals surface area contributed by atoms with E-state index >= 15 is 0 Å². The highest BCUT2D eigenvalue weighted by atomic mass is 32.2. The number of piperidine rings is 1. The Bertz CT molecular complexity index is 987. The molecule has 4 rings (SSSR count). The molecular weight excluding hydrogens is 388 g/mol. The molecule has 2 saturated heterocycles. The summed E-state index contributed by atoms with van der Waals surface area (Å²) >= 11 is 0. The molecule has 7 nitrogen and oxygen atoms in total. The highest BCUT2D eigenvalue weighted by Gasteiger charge is 2.29. The van der Waals surface area contributed by atoms with E-state index in [0.29, 0.717) is 18.8 Å². The van der Waals surface area contributed by atoms with Gasteiger partial charge in [-0.15, -0.1) is 0 Å². The van der Waals surface area contributed by atoms with Crippen molar-refractivity contribution < 1.29 is 13.2 Å². The molecule has 29 heavy (non-hydrogen) atoms. The van der Waals surface area contributed by atoms with E-state index in [9.17, 15) is 13.2 Å². The first-order chi connectivity index (χ1) is 14.0. The molecule has 1 amide bonds. The van der Waals surface area contributed by atoms with Crippen LogP contribution in [0.2, 0.25) is 0 Å². The number of hydrogen-bond donors (Lipinski definition) is 1. The molecule has 0 saturated carbocycles. The van der Waals surface area contributed by atoms with Crippen LogP contribution in [-0.2, 0) is 17.1 Å². The Morgan fingerprint density at radius 2 is 1.62 bits per heavy atom. The summed E-state index contributed by atoms with van der Waals surface area (Å²) in [6.07, 6.45) is 6.83. The molecule has 0 bridgehead atoms. The fraction of sp³-hybridized carbons (Fsp3) is 0.476. The van der Waals surface area contributed by atoms with Crippen LogP contribution >= 0.6 is 0 Å². The van der Waals surface area contributed by atoms with Crippen LogP contribution in [0.5, 0.6) is 0 Å². The van der Waals surface area contributed by atoms with E-state index in [1.54, 1.807) is 11.6 Å². The van der Waals surface area contributed by atoms with Crippen molar-refractivity contribution in [2.75, 3.05) is 36.4 Å². The lowest BCUT2D eigenvalue weighted by molar-refractivity contribution is 0.101. The molecule has 3 heterocycles. The van der Waals surface area contributed by atoms with Gasteiger partial charge in [0.25, 0.3) is 5.91 Å². The summed E-state index contributed by atoms with van der Waals surface area (Å²) in [6, 6.07) is 9.27. The smallest absolute Gasteiger partial charge is 0.272 e. The van der Waals surface area contributed by atoms with Crippen molar-refractivity contribution in [1.82, 2.24) is 8.87 Å². The lowest BCUT2D eigenvalue weighted by atomic mass is 10.1. The van der Waals surface area contributed by atoms with Gasteiger partial charge in [-0.1, -0.05) is 12.1 Å². The minimum atomic E-state index is -3.55. The maximum atomic E-state index is 13.0. The van der Waals surface area contributed by atoms with Crippen LogP contribution in [0.1, 0.15) is 42.6 Å². The number of carbonyl (C=O) groups excluding carboxylic acids is 1. The molecule has 156 valence electrons. The Morgan fingerprint density at radius 1 is 0.966 bits per heavy atom. The van der Waals surface area contributed by atoms with Gasteiger partial charge in [-0.05, 0) is 50.3 Å². The van der Waals surface area contributed by atoms with Crippen LogP contribution in [-0.4, -0.2) is 49.4 Å². The van der Waals surface area contributed by atoms with Crippen LogP contribution in [0.15, 0.2) is 41.4 Å². The Morgan fingerprint density at radius 3 is 2.34 bits per heavy atom. The van der Waals surface area contributed by atoms with Gasteiger partial charge in [-0.25, -0.2) is 8.42 Å². The van der Waals surface area contributed by atoms with E-state index in [0.717, 1.165) is 50.1 Å². The van der Waals surface area contributed by atoms with E-state index in [2.05, 4.69) is 10.2 Å². The number of aromatic nitrogens is 1. The minimum absolute atomic E-state index is 0.177. The molecule has 2 aliphatic heterocycles. The number of nitrogens with zero attached hydrogens (tertiary/aromatic N) is 3. The highest BCUT2D eigenvalue weighted by molar-refractivity contribution is 7.89. The van der Waals surface area contributed by atoms with Gasteiger partial charge < -0.3 is 14.8 Å². The molecule has 0 unspecified atom stereocenters. The van der Waals surface area contributed by atoms with Gasteiger partial charge in [0.2, 0.25) is 10.0 Å². The Kier molecular flexibility index (Phi) is 5.65. The number of rotatable bonds is 5. The summed E-state index contributed by atoms with van der Waals surface area (Å²) in [5, 5.41) is 2.99. The summed E-state index contributed by atoms with van der Waals surface area (Å²) in [6.45, 7) is 3.05. The first-order valence-electron chi connectivity index (χ1n) is 10.3. The SMILES string of the molecule is Cn1cc(S(=O)(=O)N2CCCC2)cc1C(=O)Nc1ccccc1N1CCCCC1. The maximum absolute atomic E-state index is 13.0. The summed E-state index contributed by atoms with van der Waals surface area (Å²) in [5.74, 6) is -0.306. The molecule has 8 heteroatoms.